The number of fused-ring (bicyclic) bond motifs is 1. The molecule has 0 unspecified atom stereocenters. The maximum Gasteiger partial charge on any atom is 0.313 e. The summed E-state index contributed by atoms with van der Waals surface area (Å²) >= 11 is 0. The molecule has 2 aliphatic rings. The molecule has 214 valence electrons. The number of carboxylic acid groups (broad SMARTS) is 1. The zero-order valence-corrected chi connectivity index (χ0v) is 21.9. The van der Waals surface area contributed by atoms with E-state index in [1.54, 1.807) is 12.4 Å². The molecule has 0 atom stereocenters. The van der Waals surface area contributed by atoms with Gasteiger partial charge in [-0.1, -0.05) is 6.07 Å². The van der Waals surface area contributed by atoms with Crippen molar-refractivity contribution in [2.75, 3.05) is 37.4 Å². The normalized spacial score (nSPS) is 15.6. The van der Waals surface area contributed by atoms with E-state index >= 15 is 0 Å². The fourth-order valence-corrected chi connectivity index (χ4v) is 4.22. The second kappa shape index (κ2) is 14.4. The highest BCUT2D eigenvalue weighted by Gasteiger charge is 2.42. The van der Waals surface area contributed by atoms with Crippen LogP contribution in [-0.4, -0.2) is 88.8 Å². The molecule has 3 heterocycles. The highest BCUT2D eigenvalue weighted by Crippen LogP contribution is 2.35. The van der Waals surface area contributed by atoms with Gasteiger partial charge in [0.05, 0.1) is 6.26 Å². The van der Waals surface area contributed by atoms with Crippen LogP contribution in [0.5, 0.6) is 5.75 Å². The summed E-state index contributed by atoms with van der Waals surface area (Å²) in [7, 11) is -3.67. The van der Waals surface area contributed by atoms with Crippen LogP contribution in [0, 0.1) is 10.8 Å². The van der Waals surface area contributed by atoms with Crippen molar-refractivity contribution in [2.24, 2.45) is 11.1 Å². The molecule has 0 saturated carbocycles. The lowest BCUT2D eigenvalue weighted by atomic mass is 9.79. The molecule has 0 aliphatic carbocycles. The number of hydrogen-bond donors (Lipinski definition) is 4. The number of piperidine rings is 1. The summed E-state index contributed by atoms with van der Waals surface area (Å²) in [4.78, 5) is 20.2. The Bertz CT molecular complexity index is 1150. The van der Waals surface area contributed by atoms with Crippen molar-refractivity contribution in [1.29, 1.82) is 5.41 Å². The Hall–Kier alpha value is -3.50. The lowest BCUT2D eigenvalue weighted by Crippen LogP contribution is -2.47. The zero-order valence-electron chi connectivity index (χ0n) is 21.1. The Morgan fingerprint density at radius 3 is 2.21 bits per heavy atom. The third-order valence-corrected chi connectivity index (χ3v) is 6.25. The van der Waals surface area contributed by atoms with Crippen molar-refractivity contribution in [1.82, 2.24) is 9.88 Å². The third kappa shape index (κ3) is 9.42. The van der Waals surface area contributed by atoms with Crippen molar-refractivity contribution >= 4 is 27.7 Å². The number of guanidine groups is 1. The minimum atomic E-state index is -3.67. The van der Waals surface area contributed by atoms with Gasteiger partial charge in [-0.05, 0) is 54.7 Å². The fraction of sp³-hybridized carbons (Fsp3) is 0.435. The van der Waals surface area contributed by atoms with Crippen molar-refractivity contribution in [3.8, 4) is 5.75 Å². The van der Waals surface area contributed by atoms with Crippen LogP contribution in [0.2, 0.25) is 0 Å². The number of aliphatic carboxylic acids is 1. The van der Waals surface area contributed by atoms with E-state index in [0.29, 0.717) is 44.5 Å². The van der Waals surface area contributed by atoms with Crippen LogP contribution in [0.25, 0.3) is 0 Å². The van der Waals surface area contributed by atoms with Crippen LogP contribution < -0.4 is 15.4 Å². The maximum atomic E-state index is 12.1. The molecule has 2 aromatic rings. The first-order valence-electron chi connectivity index (χ1n) is 11.1. The first kappa shape index (κ1) is 34.5. The monoisotopic (exact) mass is 559 g/mol. The molecule has 4 rings (SSSR count). The summed E-state index contributed by atoms with van der Waals surface area (Å²) in [5.41, 5.74) is 8.09. The average molecular weight is 560 g/mol. The molecule has 2 aliphatic heterocycles. The number of aromatic nitrogens is 1. The summed E-state index contributed by atoms with van der Waals surface area (Å²) in [6, 6.07) is 9.78. The molecular weight excluding hydrogens is 522 g/mol. The fourth-order valence-electron chi connectivity index (χ4n) is 4.22. The van der Waals surface area contributed by atoms with Crippen LogP contribution in [0.3, 0.4) is 0 Å². The molecule has 14 nitrogen and oxygen atoms in total. The van der Waals surface area contributed by atoms with E-state index in [4.69, 9.17) is 20.4 Å². The van der Waals surface area contributed by atoms with Gasteiger partial charge in [-0.15, -0.1) is 0 Å². The van der Waals surface area contributed by atoms with E-state index in [0.717, 1.165) is 24.2 Å². The number of nitrogens with one attached hydrogen (secondary N) is 1. The van der Waals surface area contributed by atoms with Gasteiger partial charge in [-0.25, -0.2) is 0 Å². The number of nitrogens with two attached hydrogens (primary N) is 1. The SMILES string of the molecule is CS(=O)(=O)O.N=C(N)N1CCc2ccc(OCC3(C(=O)O)CCN(c4ccncc4)CC3)cc2C1.O.O.O. The smallest absolute Gasteiger partial charge is 0.313 e. The summed E-state index contributed by atoms with van der Waals surface area (Å²) in [5, 5.41) is 17.6. The molecule has 15 heteroatoms. The Morgan fingerprint density at radius 1 is 1.11 bits per heavy atom. The lowest BCUT2D eigenvalue weighted by Gasteiger charge is -2.39. The standard InChI is InChI=1S/C22H27N5O3.CH4O3S.3H2O/c23-21(24)27-10-5-16-1-2-19(13-17(16)14-27)30-15-22(20(28)29)6-11-26(12-7-22)18-3-8-25-9-4-18;1-5(2,3)4;;;/h1-4,8-9,13H,5-7,10-12,14-15H2,(H3,23,24)(H,28,29);1H3,(H,2,3,4);3*1H2. The van der Waals surface area contributed by atoms with Gasteiger partial charge in [0.25, 0.3) is 10.1 Å². The number of nitrogens with zero attached hydrogens (tertiary/aromatic N) is 3. The van der Waals surface area contributed by atoms with Gasteiger partial charge >= 0.3 is 5.97 Å². The first-order valence-corrected chi connectivity index (χ1v) is 13.0. The Morgan fingerprint density at radius 2 is 1.68 bits per heavy atom. The van der Waals surface area contributed by atoms with Gasteiger partial charge in [0.15, 0.2) is 5.96 Å². The van der Waals surface area contributed by atoms with Gasteiger partial charge in [0.1, 0.15) is 17.8 Å². The molecule has 0 amide bonds. The van der Waals surface area contributed by atoms with Gasteiger partial charge in [0, 0.05) is 44.3 Å². The minimum Gasteiger partial charge on any atom is -0.492 e. The van der Waals surface area contributed by atoms with Crippen molar-refractivity contribution in [3.05, 3.63) is 53.9 Å². The molecule has 0 spiro atoms. The summed E-state index contributed by atoms with van der Waals surface area (Å²) in [5.74, 6) is -0.0771. The van der Waals surface area contributed by atoms with E-state index in [2.05, 4.69) is 9.88 Å². The van der Waals surface area contributed by atoms with Crippen LogP contribution in [0.4, 0.5) is 5.69 Å². The quantitative estimate of drug-likeness (QED) is 0.199. The zero-order chi connectivity index (χ0) is 25.6. The average Bonchev–Trinajstić information content (AvgIpc) is 2.82. The Labute approximate surface area is 221 Å². The molecule has 1 aromatic carbocycles. The number of carbonyl (C=O) groups is 1. The van der Waals surface area contributed by atoms with Crippen LogP contribution in [0.15, 0.2) is 42.7 Å². The van der Waals surface area contributed by atoms with Crippen LogP contribution in [0.1, 0.15) is 24.0 Å². The number of pyridine rings is 1. The number of rotatable bonds is 5. The number of benzene rings is 1. The highest BCUT2D eigenvalue weighted by atomic mass is 32.2. The molecule has 1 saturated heterocycles. The van der Waals surface area contributed by atoms with Gasteiger partial charge < -0.3 is 41.8 Å². The van der Waals surface area contributed by atoms with Gasteiger partial charge in [-0.3, -0.25) is 19.7 Å². The second-order valence-electron chi connectivity index (χ2n) is 8.79. The molecule has 11 N–H and O–H groups in total. The molecule has 0 radical (unpaired) electrons. The van der Waals surface area contributed by atoms with Crippen molar-refractivity contribution in [3.63, 3.8) is 0 Å². The van der Waals surface area contributed by atoms with E-state index in [1.165, 1.54) is 5.56 Å². The second-order valence-corrected chi connectivity index (χ2v) is 10.3. The Kier molecular flexibility index (Phi) is 13.1. The molecule has 1 aromatic heterocycles. The Balaban J connectivity index is 0.00000157. The maximum absolute atomic E-state index is 12.1. The first-order chi connectivity index (χ1) is 16.5. The number of hydrogen-bond acceptors (Lipinski definition) is 7. The van der Waals surface area contributed by atoms with Crippen molar-refractivity contribution in [2.45, 2.75) is 25.8 Å². The van der Waals surface area contributed by atoms with Gasteiger partial charge in [0.2, 0.25) is 0 Å². The van der Waals surface area contributed by atoms with E-state index in [-0.39, 0.29) is 29.0 Å². The third-order valence-electron chi connectivity index (χ3n) is 6.25. The molecule has 1 fully saturated rings. The molecule has 38 heavy (non-hydrogen) atoms. The van der Waals surface area contributed by atoms with Crippen LogP contribution >= 0.6 is 0 Å². The molecule has 0 bridgehead atoms. The summed E-state index contributed by atoms with van der Waals surface area (Å²) < 4.78 is 31.9. The van der Waals surface area contributed by atoms with E-state index < -0.39 is 21.5 Å². The van der Waals surface area contributed by atoms with Crippen molar-refractivity contribution < 1.29 is 44.0 Å². The summed E-state index contributed by atoms with van der Waals surface area (Å²) in [6.45, 7) is 2.78. The van der Waals surface area contributed by atoms with Crippen LogP contribution in [-0.2, 0) is 27.9 Å². The lowest BCUT2D eigenvalue weighted by molar-refractivity contribution is -0.152. The topological polar surface area (TPSA) is 265 Å². The largest absolute Gasteiger partial charge is 0.492 e. The number of ether oxygens (including phenoxy) is 1. The minimum absolute atomic E-state index is 0. The van der Waals surface area contributed by atoms with E-state index in [1.807, 2.05) is 35.2 Å². The predicted octanol–water partition coefficient (Wildman–Crippen LogP) is -0.887. The molecular formula is C23H37N5O9S. The number of carboxylic acids is 1. The number of anilines is 1. The van der Waals surface area contributed by atoms with Gasteiger partial charge in [-0.2, -0.15) is 8.42 Å². The predicted molar refractivity (Wildman–Crippen MR) is 142 cm³/mol. The highest BCUT2D eigenvalue weighted by molar-refractivity contribution is 7.85. The van der Waals surface area contributed by atoms with E-state index in [9.17, 15) is 18.3 Å². The summed E-state index contributed by atoms with van der Waals surface area (Å²) in [6.07, 6.45) is 6.09.